The summed E-state index contributed by atoms with van der Waals surface area (Å²) in [5.41, 5.74) is 3.11. The van der Waals surface area contributed by atoms with E-state index < -0.39 is 0 Å². The molecule has 21 heavy (non-hydrogen) atoms. The third-order valence-electron chi connectivity index (χ3n) is 5.03. The fraction of sp³-hybridized carbons (Fsp3) is 0.588. The number of carbonyl (C=O) groups is 1. The van der Waals surface area contributed by atoms with Gasteiger partial charge in [-0.15, -0.1) is 0 Å². The lowest BCUT2D eigenvalue weighted by atomic mass is 9.92. The van der Waals surface area contributed by atoms with Gasteiger partial charge in [-0.1, -0.05) is 17.6 Å². The Morgan fingerprint density at radius 2 is 2.00 bits per heavy atom. The number of hydrogen-bond acceptors (Lipinski definition) is 2. The molecule has 0 bridgehead atoms. The van der Waals surface area contributed by atoms with Crippen molar-refractivity contribution in [1.29, 1.82) is 0 Å². The zero-order valence-electron chi connectivity index (χ0n) is 13.2. The second-order valence-corrected chi connectivity index (χ2v) is 6.64. The average Bonchev–Trinajstić information content (AvgIpc) is 3.08. The number of rotatable bonds is 3. The van der Waals surface area contributed by atoms with E-state index >= 15 is 0 Å². The lowest BCUT2D eigenvalue weighted by Gasteiger charge is -2.29. The monoisotopic (exact) mass is 284 g/mol. The van der Waals surface area contributed by atoms with Crippen LogP contribution in [-0.4, -0.2) is 43.8 Å². The number of aryl methyl sites for hydroxylation is 1. The molecule has 0 radical (unpaired) electrons. The largest absolute Gasteiger partial charge is 0.348 e. The third-order valence-corrected chi connectivity index (χ3v) is 5.03. The molecular formula is C17H25BN2O. The van der Waals surface area contributed by atoms with Crippen molar-refractivity contribution in [2.45, 2.75) is 51.1 Å². The molecule has 3 nitrogen and oxygen atoms in total. The Labute approximate surface area is 128 Å². The Balaban J connectivity index is 1.68. The van der Waals surface area contributed by atoms with E-state index in [4.69, 9.17) is 0 Å². The van der Waals surface area contributed by atoms with Crippen molar-refractivity contribution < 1.29 is 4.79 Å². The Kier molecular flexibility index (Phi) is 4.34. The molecule has 0 unspecified atom stereocenters. The van der Waals surface area contributed by atoms with Crippen molar-refractivity contribution in [3.8, 4) is 0 Å². The predicted octanol–water partition coefficient (Wildman–Crippen LogP) is 1.00. The summed E-state index contributed by atoms with van der Waals surface area (Å²) in [4.78, 5) is 15.1. The first kappa shape index (κ1) is 14.6. The highest BCUT2D eigenvalue weighted by molar-refractivity contribution is 6.32. The summed E-state index contributed by atoms with van der Waals surface area (Å²) in [6.45, 7) is 4.44. The highest BCUT2D eigenvalue weighted by Crippen LogP contribution is 2.27. The fourth-order valence-electron chi connectivity index (χ4n) is 3.93. The quantitative estimate of drug-likeness (QED) is 0.840. The molecule has 0 aromatic heterocycles. The van der Waals surface area contributed by atoms with Gasteiger partial charge in [0, 0.05) is 17.6 Å². The van der Waals surface area contributed by atoms with Gasteiger partial charge < -0.3 is 5.32 Å². The molecule has 1 saturated carbocycles. The van der Waals surface area contributed by atoms with Gasteiger partial charge in [0.05, 0.1) is 0 Å². The molecule has 1 aliphatic carbocycles. The van der Waals surface area contributed by atoms with Crippen LogP contribution in [0.3, 0.4) is 0 Å². The first-order valence-electron chi connectivity index (χ1n) is 8.27. The molecule has 112 valence electrons. The van der Waals surface area contributed by atoms with Crippen LogP contribution in [0.2, 0.25) is 0 Å². The second-order valence-electron chi connectivity index (χ2n) is 6.64. The lowest BCUT2D eigenvalue weighted by Crippen LogP contribution is -2.47. The summed E-state index contributed by atoms with van der Waals surface area (Å²) in [7, 11) is 2.06. The Morgan fingerprint density at radius 1 is 1.24 bits per heavy atom. The number of nitrogens with one attached hydrogen (secondary N) is 1. The molecule has 1 amide bonds. The van der Waals surface area contributed by atoms with Crippen LogP contribution < -0.4 is 10.8 Å². The van der Waals surface area contributed by atoms with Crippen LogP contribution in [0, 0.1) is 6.92 Å². The van der Waals surface area contributed by atoms with Crippen LogP contribution in [0.4, 0.5) is 0 Å². The summed E-state index contributed by atoms with van der Waals surface area (Å²) in [5, 5.41) is 3.30. The summed E-state index contributed by atoms with van der Waals surface area (Å²) in [5.74, 6) is 0.101. The van der Waals surface area contributed by atoms with Crippen molar-refractivity contribution in [1.82, 2.24) is 10.2 Å². The first-order chi connectivity index (χ1) is 10.1. The molecule has 2 aliphatic rings. The zero-order valence-corrected chi connectivity index (χ0v) is 13.2. The highest BCUT2D eigenvalue weighted by Gasteiger charge is 2.34. The minimum Gasteiger partial charge on any atom is -0.348 e. The van der Waals surface area contributed by atoms with Crippen LogP contribution in [-0.2, 0) is 0 Å². The number of hydrogen-bond donors (Lipinski definition) is 1. The van der Waals surface area contributed by atoms with Gasteiger partial charge >= 0.3 is 0 Å². The molecule has 0 spiro atoms. The molecule has 1 aromatic carbocycles. The Hall–Kier alpha value is -1.29. The smallest absolute Gasteiger partial charge is 0.251 e. The van der Waals surface area contributed by atoms with Crippen LogP contribution >= 0.6 is 0 Å². The van der Waals surface area contributed by atoms with Gasteiger partial charge in [-0.25, -0.2) is 0 Å². The van der Waals surface area contributed by atoms with Gasteiger partial charge in [-0.2, -0.15) is 0 Å². The average molecular weight is 284 g/mol. The van der Waals surface area contributed by atoms with Gasteiger partial charge in [0.2, 0.25) is 0 Å². The van der Waals surface area contributed by atoms with E-state index in [2.05, 4.69) is 24.1 Å². The van der Waals surface area contributed by atoms with E-state index in [1.54, 1.807) is 0 Å². The van der Waals surface area contributed by atoms with E-state index in [1.165, 1.54) is 44.2 Å². The summed E-state index contributed by atoms with van der Waals surface area (Å²) in [6, 6.07) is 6.95. The van der Waals surface area contributed by atoms with Gasteiger partial charge in [0.1, 0.15) is 7.85 Å². The topological polar surface area (TPSA) is 32.3 Å². The summed E-state index contributed by atoms with van der Waals surface area (Å²) >= 11 is 0. The molecule has 1 aromatic rings. The normalized spacial score (nSPS) is 26.1. The van der Waals surface area contributed by atoms with E-state index in [0.29, 0.717) is 12.1 Å². The molecule has 2 atom stereocenters. The number of carbonyl (C=O) groups excluding carboxylic acids is 1. The van der Waals surface area contributed by atoms with Crippen molar-refractivity contribution in [2.75, 3.05) is 13.1 Å². The van der Waals surface area contributed by atoms with Crippen LogP contribution in [0.1, 0.15) is 48.0 Å². The number of amides is 1. The lowest BCUT2D eigenvalue weighted by molar-refractivity contribution is 0.0912. The van der Waals surface area contributed by atoms with Crippen LogP contribution in [0.25, 0.3) is 0 Å². The van der Waals surface area contributed by atoms with Gasteiger partial charge in [-0.3, -0.25) is 9.69 Å². The number of nitrogens with zero attached hydrogens (tertiary/aromatic N) is 1. The van der Waals surface area contributed by atoms with Crippen molar-refractivity contribution in [2.24, 2.45) is 0 Å². The number of likely N-dealkylation sites (tertiary alicyclic amines) is 1. The van der Waals surface area contributed by atoms with E-state index in [9.17, 15) is 4.79 Å². The standard InChI is InChI=1S/C17H25BN2O/c1-12-11-13(18)7-8-14(12)17(21)19-15-5-4-6-16(15)20-9-2-3-10-20/h7-8,11,15-16H,2-6,9-10,18H2,1H3,(H,19,21)/t15-,16+/m0/s1. The summed E-state index contributed by atoms with van der Waals surface area (Å²) in [6.07, 6.45) is 6.22. The maximum Gasteiger partial charge on any atom is 0.251 e. The third kappa shape index (κ3) is 3.15. The van der Waals surface area contributed by atoms with Crippen molar-refractivity contribution in [3.05, 3.63) is 29.3 Å². The van der Waals surface area contributed by atoms with E-state index in [0.717, 1.165) is 17.5 Å². The molecule has 1 N–H and O–H groups in total. The van der Waals surface area contributed by atoms with Crippen LogP contribution in [0.15, 0.2) is 18.2 Å². The maximum atomic E-state index is 12.6. The highest BCUT2D eigenvalue weighted by atomic mass is 16.1. The summed E-state index contributed by atoms with van der Waals surface area (Å²) < 4.78 is 0. The minimum absolute atomic E-state index is 0.101. The maximum absolute atomic E-state index is 12.6. The molecule has 1 heterocycles. The molecule has 2 fully saturated rings. The molecule has 1 aliphatic heterocycles. The van der Waals surface area contributed by atoms with Gasteiger partial charge in [0.15, 0.2) is 0 Å². The molecular weight excluding hydrogens is 259 g/mol. The fourth-order valence-corrected chi connectivity index (χ4v) is 3.93. The molecule has 1 saturated heterocycles. The SMILES string of the molecule is Bc1ccc(C(=O)N[C@H]2CCC[C@H]2N2CCCC2)c(C)c1. The predicted molar refractivity (Wildman–Crippen MR) is 89.1 cm³/mol. The minimum atomic E-state index is 0.101. The van der Waals surface area contributed by atoms with Crippen molar-refractivity contribution >= 4 is 19.2 Å². The molecule has 3 rings (SSSR count). The Bertz CT molecular complexity index is 526. The Morgan fingerprint density at radius 3 is 2.71 bits per heavy atom. The zero-order chi connectivity index (χ0) is 14.8. The number of benzene rings is 1. The molecule has 4 heteroatoms. The van der Waals surface area contributed by atoms with Gasteiger partial charge in [0.25, 0.3) is 5.91 Å². The second kappa shape index (κ2) is 6.23. The van der Waals surface area contributed by atoms with E-state index in [-0.39, 0.29) is 5.91 Å². The van der Waals surface area contributed by atoms with Crippen LogP contribution in [0.5, 0.6) is 0 Å². The first-order valence-corrected chi connectivity index (χ1v) is 8.27. The van der Waals surface area contributed by atoms with Crippen molar-refractivity contribution in [3.63, 3.8) is 0 Å². The van der Waals surface area contributed by atoms with E-state index in [1.807, 2.05) is 19.1 Å². The van der Waals surface area contributed by atoms with Gasteiger partial charge in [-0.05, 0) is 63.7 Å².